The van der Waals surface area contributed by atoms with E-state index in [-0.39, 0.29) is 5.54 Å². The van der Waals surface area contributed by atoms with Crippen molar-refractivity contribution in [1.29, 1.82) is 0 Å². The number of hydrogen-bond acceptors (Lipinski definition) is 1. The molecule has 0 bridgehead atoms. The Morgan fingerprint density at radius 1 is 1.25 bits per heavy atom. The van der Waals surface area contributed by atoms with E-state index in [0.29, 0.717) is 0 Å². The van der Waals surface area contributed by atoms with Gasteiger partial charge in [0.2, 0.25) is 0 Å². The van der Waals surface area contributed by atoms with Crippen molar-refractivity contribution in [2.45, 2.75) is 58.4 Å². The van der Waals surface area contributed by atoms with Gasteiger partial charge in [0.25, 0.3) is 0 Å². The summed E-state index contributed by atoms with van der Waals surface area (Å²) in [5.41, 5.74) is 1.68. The number of halogens is 1. The maximum Gasteiger partial charge on any atom is 0.0177 e. The maximum absolute atomic E-state index is 3.72. The Kier molecular flexibility index (Phi) is 5.68. The Hall–Kier alpha value is -0.340. The summed E-state index contributed by atoms with van der Waals surface area (Å²) in [4.78, 5) is 0. The van der Waals surface area contributed by atoms with Crippen molar-refractivity contribution < 1.29 is 0 Å². The zero-order chi connectivity index (χ0) is 14.6. The van der Waals surface area contributed by atoms with Crippen molar-refractivity contribution in [3.05, 3.63) is 34.3 Å². The first-order valence-electron chi connectivity index (χ1n) is 7.93. The van der Waals surface area contributed by atoms with Crippen molar-refractivity contribution in [2.75, 3.05) is 6.54 Å². The summed E-state index contributed by atoms with van der Waals surface area (Å²) in [5, 5.41) is 3.72. The number of benzene rings is 1. The molecule has 1 atom stereocenters. The van der Waals surface area contributed by atoms with Crippen molar-refractivity contribution in [3.8, 4) is 0 Å². The quantitative estimate of drug-likeness (QED) is 0.779. The lowest BCUT2D eigenvalue weighted by Crippen LogP contribution is -2.41. The SMILES string of the molecule is CC(C)(C)NCC(Cc1cccc(Br)c1)C1CCCC1. The van der Waals surface area contributed by atoms with Crippen molar-refractivity contribution >= 4 is 15.9 Å². The topological polar surface area (TPSA) is 12.0 Å². The second-order valence-corrected chi connectivity index (χ2v) is 8.19. The monoisotopic (exact) mass is 337 g/mol. The molecule has 1 saturated carbocycles. The van der Waals surface area contributed by atoms with E-state index < -0.39 is 0 Å². The van der Waals surface area contributed by atoms with E-state index in [1.54, 1.807) is 0 Å². The summed E-state index contributed by atoms with van der Waals surface area (Å²) in [7, 11) is 0. The molecule has 1 fully saturated rings. The average Bonchev–Trinajstić information content (AvgIpc) is 2.87. The van der Waals surface area contributed by atoms with Crippen LogP contribution in [0.5, 0.6) is 0 Å². The van der Waals surface area contributed by atoms with E-state index in [4.69, 9.17) is 0 Å². The first-order chi connectivity index (χ1) is 9.44. The molecule has 0 aromatic heterocycles. The lowest BCUT2D eigenvalue weighted by molar-refractivity contribution is 0.286. The van der Waals surface area contributed by atoms with E-state index >= 15 is 0 Å². The Morgan fingerprint density at radius 2 is 1.95 bits per heavy atom. The van der Waals surface area contributed by atoms with Crippen LogP contribution in [0.1, 0.15) is 52.0 Å². The molecule has 2 rings (SSSR count). The van der Waals surface area contributed by atoms with Gasteiger partial charge < -0.3 is 5.32 Å². The molecule has 0 heterocycles. The summed E-state index contributed by atoms with van der Waals surface area (Å²) in [6, 6.07) is 8.81. The molecule has 0 spiro atoms. The van der Waals surface area contributed by atoms with Crippen LogP contribution in [0.25, 0.3) is 0 Å². The molecule has 2 heteroatoms. The molecule has 1 aromatic rings. The van der Waals surface area contributed by atoms with Gasteiger partial charge in [-0.2, -0.15) is 0 Å². The van der Waals surface area contributed by atoms with E-state index in [1.165, 1.54) is 42.1 Å². The third-order valence-corrected chi connectivity index (χ3v) is 4.84. The Morgan fingerprint density at radius 3 is 2.55 bits per heavy atom. The highest BCUT2D eigenvalue weighted by atomic mass is 79.9. The van der Waals surface area contributed by atoms with Gasteiger partial charge >= 0.3 is 0 Å². The predicted octanol–water partition coefficient (Wildman–Crippen LogP) is 5.19. The van der Waals surface area contributed by atoms with Crippen molar-refractivity contribution in [3.63, 3.8) is 0 Å². The number of nitrogens with one attached hydrogen (secondary N) is 1. The first kappa shape index (κ1) is 16.0. The molecule has 1 nitrogen and oxygen atoms in total. The Labute approximate surface area is 132 Å². The van der Waals surface area contributed by atoms with Crippen LogP contribution in [0.15, 0.2) is 28.7 Å². The fourth-order valence-electron chi connectivity index (χ4n) is 3.24. The van der Waals surface area contributed by atoms with Crippen molar-refractivity contribution in [1.82, 2.24) is 5.32 Å². The highest BCUT2D eigenvalue weighted by Gasteiger charge is 2.26. The molecule has 0 saturated heterocycles. The summed E-state index contributed by atoms with van der Waals surface area (Å²) in [6.07, 6.45) is 6.90. The molecule has 1 aliphatic carbocycles. The standard InChI is InChI=1S/C18H28BrN/c1-18(2,3)20-13-16(15-8-4-5-9-15)11-14-7-6-10-17(19)12-14/h6-7,10,12,15-16,20H,4-5,8-9,11,13H2,1-3H3. The molecule has 0 aliphatic heterocycles. The van der Waals surface area contributed by atoms with Crippen LogP contribution in [0, 0.1) is 11.8 Å². The lowest BCUT2D eigenvalue weighted by atomic mass is 9.85. The largest absolute Gasteiger partial charge is 0.312 e. The highest BCUT2D eigenvalue weighted by molar-refractivity contribution is 9.10. The number of hydrogen-bond donors (Lipinski definition) is 1. The van der Waals surface area contributed by atoms with Crippen LogP contribution in [0.2, 0.25) is 0 Å². The third kappa shape index (κ3) is 5.21. The minimum absolute atomic E-state index is 0.216. The van der Waals surface area contributed by atoms with E-state index in [1.807, 2.05) is 0 Å². The number of rotatable bonds is 5. The Balaban J connectivity index is 2.01. The van der Waals surface area contributed by atoms with Crippen LogP contribution >= 0.6 is 15.9 Å². The van der Waals surface area contributed by atoms with Gasteiger partial charge in [0.05, 0.1) is 0 Å². The average molecular weight is 338 g/mol. The second-order valence-electron chi connectivity index (χ2n) is 7.27. The summed E-state index contributed by atoms with van der Waals surface area (Å²) in [5.74, 6) is 1.68. The van der Waals surface area contributed by atoms with Gasteiger partial charge in [-0.05, 0) is 63.3 Å². The minimum Gasteiger partial charge on any atom is -0.312 e. The predicted molar refractivity (Wildman–Crippen MR) is 91.0 cm³/mol. The smallest absolute Gasteiger partial charge is 0.0177 e. The van der Waals surface area contributed by atoms with Gasteiger partial charge in [0.15, 0.2) is 0 Å². The maximum atomic E-state index is 3.72. The molecule has 0 radical (unpaired) electrons. The van der Waals surface area contributed by atoms with Gasteiger partial charge in [0, 0.05) is 10.0 Å². The van der Waals surface area contributed by atoms with E-state index in [9.17, 15) is 0 Å². The fraction of sp³-hybridized carbons (Fsp3) is 0.667. The van der Waals surface area contributed by atoms with Crippen LogP contribution < -0.4 is 5.32 Å². The minimum atomic E-state index is 0.216. The molecular formula is C18H28BrN. The molecule has 112 valence electrons. The molecule has 1 N–H and O–H groups in total. The molecule has 0 amide bonds. The van der Waals surface area contributed by atoms with Gasteiger partial charge in [0.1, 0.15) is 0 Å². The second kappa shape index (κ2) is 7.09. The van der Waals surface area contributed by atoms with Crippen LogP contribution in [-0.4, -0.2) is 12.1 Å². The summed E-state index contributed by atoms with van der Waals surface area (Å²) < 4.78 is 1.20. The van der Waals surface area contributed by atoms with Crippen LogP contribution in [0.3, 0.4) is 0 Å². The van der Waals surface area contributed by atoms with E-state index in [0.717, 1.165) is 18.4 Å². The van der Waals surface area contributed by atoms with Gasteiger partial charge in [-0.1, -0.05) is 53.7 Å². The first-order valence-corrected chi connectivity index (χ1v) is 8.73. The van der Waals surface area contributed by atoms with Crippen molar-refractivity contribution in [2.24, 2.45) is 11.8 Å². The molecule has 20 heavy (non-hydrogen) atoms. The molecule has 1 aliphatic rings. The zero-order valence-electron chi connectivity index (χ0n) is 13.1. The van der Waals surface area contributed by atoms with E-state index in [2.05, 4.69) is 66.3 Å². The summed E-state index contributed by atoms with van der Waals surface area (Å²) >= 11 is 3.59. The Bertz CT molecular complexity index is 416. The van der Waals surface area contributed by atoms with Gasteiger partial charge in [-0.3, -0.25) is 0 Å². The normalized spacial score (nSPS) is 18.4. The summed E-state index contributed by atoms with van der Waals surface area (Å²) in [6.45, 7) is 7.92. The van der Waals surface area contributed by atoms with Crippen LogP contribution in [-0.2, 0) is 6.42 Å². The van der Waals surface area contributed by atoms with Gasteiger partial charge in [-0.25, -0.2) is 0 Å². The highest BCUT2D eigenvalue weighted by Crippen LogP contribution is 2.33. The third-order valence-electron chi connectivity index (χ3n) is 4.35. The molecule has 1 aromatic carbocycles. The molecule has 1 unspecified atom stereocenters. The fourth-order valence-corrected chi connectivity index (χ4v) is 3.68. The molecular weight excluding hydrogens is 310 g/mol. The zero-order valence-corrected chi connectivity index (χ0v) is 14.7. The lowest BCUT2D eigenvalue weighted by Gasteiger charge is -2.29. The van der Waals surface area contributed by atoms with Crippen LogP contribution in [0.4, 0.5) is 0 Å². The van der Waals surface area contributed by atoms with Gasteiger partial charge in [-0.15, -0.1) is 0 Å².